The third-order valence-electron chi connectivity index (χ3n) is 4.21. The molecule has 0 aromatic heterocycles. The molecular weight excluding hydrogens is 340 g/mol. The molecule has 1 aliphatic heterocycles. The van der Waals surface area contributed by atoms with Crippen LogP contribution in [0, 0.1) is 0 Å². The van der Waals surface area contributed by atoms with Crippen molar-refractivity contribution in [3.63, 3.8) is 0 Å². The van der Waals surface area contributed by atoms with Crippen molar-refractivity contribution in [2.45, 2.75) is 45.3 Å². The van der Waals surface area contributed by atoms with Crippen molar-refractivity contribution in [1.82, 2.24) is 5.01 Å². The van der Waals surface area contributed by atoms with Gasteiger partial charge in [-0.3, -0.25) is 4.79 Å². The lowest BCUT2D eigenvalue weighted by Gasteiger charge is -2.30. The predicted octanol–water partition coefficient (Wildman–Crippen LogP) is 3.90. The van der Waals surface area contributed by atoms with E-state index in [0.717, 1.165) is 11.1 Å². The molecule has 1 atom stereocenters. The molecule has 0 bridgehead atoms. The first kappa shape index (κ1) is 18.8. The summed E-state index contributed by atoms with van der Waals surface area (Å²) in [7, 11) is 0. The molecule has 2 aromatic rings. The summed E-state index contributed by atoms with van der Waals surface area (Å²) in [6, 6.07) is 19.1. The standard InChI is InChI=1S/C22H24N2O3/c1-22(2,3)27-21(26)20-18(17-12-8-5-9-13-17)14-19(25)24(23-20)15-16-10-6-4-7-11-16/h4-13,18H,14-15H2,1-3H3/t18-/m1/s1. The lowest BCUT2D eigenvalue weighted by atomic mass is 9.89. The molecule has 2 aromatic carbocycles. The number of rotatable bonds is 4. The van der Waals surface area contributed by atoms with Crippen LogP contribution in [0.15, 0.2) is 65.8 Å². The van der Waals surface area contributed by atoms with Gasteiger partial charge in [-0.2, -0.15) is 5.10 Å². The van der Waals surface area contributed by atoms with E-state index >= 15 is 0 Å². The maximum absolute atomic E-state index is 12.8. The van der Waals surface area contributed by atoms with E-state index in [1.54, 1.807) is 0 Å². The van der Waals surface area contributed by atoms with E-state index in [-0.39, 0.29) is 18.0 Å². The average Bonchev–Trinajstić information content (AvgIpc) is 2.63. The Bertz CT molecular complexity index is 839. The van der Waals surface area contributed by atoms with Gasteiger partial charge >= 0.3 is 5.97 Å². The highest BCUT2D eigenvalue weighted by molar-refractivity contribution is 6.39. The number of hydrogen-bond acceptors (Lipinski definition) is 4. The smallest absolute Gasteiger partial charge is 0.355 e. The Balaban J connectivity index is 1.94. The number of hydrazone groups is 1. The van der Waals surface area contributed by atoms with E-state index in [1.165, 1.54) is 5.01 Å². The van der Waals surface area contributed by atoms with E-state index in [1.807, 2.05) is 81.4 Å². The van der Waals surface area contributed by atoms with Crippen LogP contribution in [0.4, 0.5) is 0 Å². The minimum absolute atomic E-state index is 0.111. The molecule has 0 radical (unpaired) electrons. The fraction of sp³-hybridized carbons (Fsp3) is 0.318. The van der Waals surface area contributed by atoms with Crippen LogP contribution in [0.2, 0.25) is 0 Å². The van der Waals surface area contributed by atoms with Gasteiger partial charge in [0.2, 0.25) is 5.91 Å². The van der Waals surface area contributed by atoms with Crippen LogP contribution in [0.3, 0.4) is 0 Å². The number of benzene rings is 2. The van der Waals surface area contributed by atoms with Gasteiger partial charge in [0.05, 0.1) is 6.54 Å². The summed E-state index contributed by atoms with van der Waals surface area (Å²) in [5.74, 6) is -0.998. The Labute approximate surface area is 159 Å². The summed E-state index contributed by atoms with van der Waals surface area (Å²) >= 11 is 0. The SMILES string of the molecule is CC(C)(C)OC(=O)C1=NN(Cc2ccccc2)C(=O)C[C@@H]1c1ccccc1. The van der Waals surface area contributed by atoms with E-state index in [4.69, 9.17) is 4.74 Å². The summed E-state index contributed by atoms with van der Waals surface area (Å²) in [5, 5.41) is 5.79. The van der Waals surface area contributed by atoms with Gasteiger partial charge in [-0.1, -0.05) is 60.7 Å². The molecule has 1 amide bonds. The van der Waals surface area contributed by atoms with Crippen molar-refractivity contribution in [1.29, 1.82) is 0 Å². The van der Waals surface area contributed by atoms with Gasteiger partial charge in [0.1, 0.15) is 5.60 Å². The Morgan fingerprint density at radius 1 is 1.07 bits per heavy atom. The number of esters is 1. The van der Waals surface area contributed by atoms with Crippen molar-refractivity contribution < 1.29 is 14.3 Å². The molecular formula is C22H24N2O3. The molecule has 0 saturated heterocycles. The maximum atomic E-state index is 12.8. The Kier molecular flexibility index (Phi) is 5.40. The van der Waals surface area contributed by atoms with Gasteiger partial charge in [0, 0.05) is 12.3 Å². The molecule has 0 N–H and O–H groups in total. The quantitative estimate of drug-likeness (QED) is 0.773. The third kappa shape index (κ3) is 4.82. The van der Waals surface area contributed by atoms with Gasteiger partial charge in [-0.05, 0) is 31.9 Å². The normalized spacial score (nSPS) is 17.4. The highest BCUT2D eigenvalue weighted by atomic mass is 16.6. The van der Waals surface area contributed by atoms with Crippen molar-refractivity contribution in [3.8, 4) is 0 Å². The molecule has 0 aliphatic carbocycles. The number of nitrogens with zero attached hydrogens (tertiary/aromatic N) is 2. The van der Waals surface area contributed by atoms with E-state index in [0.29, 0.717) is 6.54 Å². The number of hydrogen-bond donors (Lipinski definition) is 0. The van der Waals surface area contributed by atoms with Crippen LogP contribution >= 0.6 is 0 Å². The van der Waals surface area contributed by atoms with Crippen molar-refractivity contribution >= 4 is 17.6 Å². The first-order valence-corrected chi connectivity index (χ1v) is 9.04. The molecule has 140 valence electrons. The minimum atomic E-state index is -0.632. The molecule has 0 unspecified atom stereocenters. The van der Waals surface area contributed by atoms with Crippen molar-refractivity contribution in [3.05, 3.63) is 71.8 Å². The van der Waals surface area contributed by atoms with Crippen LogP contribution in [0.1, 0.15) is 44.2 Å². The Morgan fingerprint density at radius 2 is 1.67 bits per heavy atom. The summed E-state index contributed by atoms with van der Waals surface area (Å²) < 4.78 is 5.56. The minimum Gasteiger partial charge on any atom is -0.455 e. The van der Waals surface area contributed by atoms with E-state index in [2.05, 4.69) is 5.10 Å². The second-order valence-corrected chi connectivity index (χ2v) is 7.59. The zero-order chi connectivity index (χ0) is 19.4. The number of carbonyl (C=O) groups excluding carboxylic acids is 2. The lowest BCUT2D eigenvalue weighted by molar-refractivity contribution is -0.146. The zero-order valence-corrected chi connectivity index (χ0v) is 15.9. The van der Waals surface area contributed by atoms with Crippen LogP contribution in [0.25, 0.3) is 0 Å². The van der Waals surface area contributed by atoms with E-state index < -0.39 is 17.5 Å². The van der Waals surface area contributed by atoms with Gasteiger partial charge in [-0.25, -0.2) is 9.80 Å². The van der Waals surface area contributed by atoms with Gasteiger partial charge in [0.15, 0.2) is 5.71 Å². The van der Waals surface area contributed by atoms with Crippen molar-refractivity contribution in [2.75, 3.05) is 0 Å². The summed E-state index contributed by atoms with van der Waals surface area (Å²) in [5.41, 5.74) is 1.48. The monoisotopic (exact) mass is 364 g/mol. The fourth-order valence-electron chi connectivity index (χ4n) is 2.99. The molecule has 5 heteroatoms. The zero-order valence-electron chi connectivity index (χ0n) is 15.9. The van der Waals surface area contributed by atoms with Gasteiger partial charge < -0.3 is 4.74 Å². The van der Waals surface area contributed by atoms with Crippen LogP contribution in [0.5, 0.6) is 0 Å². The topological polar surface area (TPSA) is 59.0 Å². The molecule has 0 fully saturated rings. The molecule has 0 saturated carbocycles. The first-order valence-electron chi connectivity index (χ1n) is 9.04. The summed E-state index contributed by atoms with van der Waals surface area (Å²) in [6.07, 6.45) is 0.189. The highest BCUT2D eigenvalue weighted by Gasteiger charge is 2.36. The number of amides is 1. The summed E-state index contributed by atoms with van der Waals surface area (Å²) in [4.78, 5) is 25.5. The van der Waals surface area contributed by atoms with Gasteiger partial charge in [-0.15, -0.1) is 0 Å². The highest BCUT2D eigenvalue weighted by Crippen LogP contribution is 2.29. The van der Waals surface area contributed by atoms with E-state index in [9.17, 15) is 9.59 Å². The molecule has 1 heterocycles. The van der Waals surface area contributed by atoms with Crippen molar-refractivity contribution in [2.24, 2.45) is 5.10 Å². The predicted molar refractivity (Wildman–Crippen MR) is 104 cm³/mol. The fourth-order valence-corrected chi connectivity index (χ4v) is 2.99. The molecule has 3 rings (SSSR count). The molecule has 5 nitrogen and oxygen atoms in total. The largest absolute Gasteiger partial charge is 0.455 e. The molecule has 27 heavy (non-hydrogen) atoms. The van der Waals surface area contributed by atoms with Gasteiger partial charge in [0.25, 0.3) is 0 Å². The van der Waals surface area contributed by atoms with Crippen LogP contribution in [-0.4, -0.2) is 28.2 Å². The Hall–Kier alpha value is -2.95. The molecule has 0 spiro atoms. The molecule has 1 aliphatic rings. The maximum Gasteiger partial charge on any atom is 0.355 e. The lowest BCUT2D eigenvalue weighted by Crippen LogP contribution is -2.41. The summed E-state index contributed by atoms with van der Waals surface area (Å²) in [6.45, 7) is 5.78. The number of ether oxygens (including phenoxy) is 1. The third-order valence-corrected chi connectivity index (χ3v) is 4.21. The number of carbonyl (C=O) groups is 2. The first-order chi connectivity index (χ1) is 12.8. The second-order valence-electron chi connectivity index (χ2n) is 7.59. The second kappa shape index (κ2) is 7.74. The Morgan fingerprint density at radius 3 is 2.26 bits per heavy atom. The van der Waals surface area contributed by atoms with Crippen LogP contribution < -0.4 is 0 Å². The average molecular weight is 364 g/mol. The van der Waals surface area contributed by atoms with Crippen LogP contribution in [-0.2, 0) is 20.9 Å².